The van der Waals surface area contributed by atoms with E-state index in [4.69, 9.17) is 10.00 Å². The Balaban J connectivity index is 2.29. The number of nitrogens with zero attached hydrogens (tertiary/aromatic N) is 1. The minimum atomic E-state index is -0.560. The molecule has 19 heavy (non-hydrogen) atoms. The minimum Gasteiger partial charge on any atom is -0.491 e. The summed E-state index contributed by atoms with van der Waals surface area (Å²) < 4.78 is 5.46. The van der Waals surface area contributed by atoms with Crippen LogP contribution in [0.4, 0.5) is 0 Å². The van der Waals surface area contributed by atoms with E-state index in [9.17, 15) is 5.11 Å². The van der Waals surface area contributed by atoms with Gasteiger partial charge in [0.25, 0.3) is 0 Å². The van der Waals surface area contributed by atoms with Gasteiger partial charge in [-0.05, 0) is 31.4 Å². The second-order valence-electron chi connectivity index (χ2n) is 4.37. The van der Waals surface area contributed by atoms with Crippen molar-refractivity contribution in [2.75, 3.05) is 25.2 Å². The normalized spacial score (nSPS) is 13.6. The van der Waals surface area contributed by atoms with Crippen LogP contribution in [0.2, 0.25) is 0 Å². The fourth-order valence-corrected chi connectivity index (χ4v) is 2.17. The maximum atomic E-state index is 9.79. The van der Waals surface area contributed by atoms with Crippen LogP contribution >= 0.6 is 11.8 Å². The molecular formula is C14H20N2O2S. The number of thioether (sulfide) groups is 1. The van der Waals surface area contributed by atoms with Crippen LogP contribution in [0, 0.1) is 11.3 Å². The Kier molecular flexibility index (Phi) is 7.34. The molecule has 1 aromatic rings. The molecule has 0 aromatic heterocycles. The summed E-state index contributed by atoms with van der Waals surface area (Å²) in [5.74, 6) is 1.62. The van der Waals surface area contributed by atoms with Crippen LogP contribution in [0.15, 0.2) is 24.3 Å². The third-order valence-corrected chi connectivity index (χ3v) is 3.36. The fourth-order valence-electron chi connectivity index (χ4n) is 1.55. The lowest BCUT2D eigenvalue weighted by atomic mass is 10.2. The van der Waals surface area contributed by atoms with Crippen LogP contribution in [0.25, 0.3) is 0 Å². The lowest BCUT2D eigenvalue weighted by Gasteiger charge is -2.17. The first-order chi connectivity index (χ1) is 9.15. The average Bonchev–Trinajstić information content (AvgIpc) is 2.43. The number of hydrogen-bond acceptors (Lipinski definition) is 5. The zero-order valence-corrected chi connectivity index (χ0v) is 12.1. The Labute approximate surface area is 118 Å². The van der Waals surface area contributed by atoms with Gasteiger partial charge in [0.05, 0.1) is 11.6 Å². The van der Waals surface area contributed by atoms with Crippen LogP contribution in [0.3, 0.4) is 0 Å². The number of nitrogens with one attached hydrogen (secondary N) is 1. The van der Waals surface area contributed by atoms with Crippen molar-refractivity contribution in [3.05, 3.63) is 29.8 Å². The smallest absolute Gasteiger partial charge is 0.120 e. The average molecular weight is 280 g/mol. The molecule has 0 heterocycles. The number of benzene rings is 1. The highest BCUT2D eigenvalue weighted by atomic mass is 32.2. The largest absolute Gasteiger partial charge is 0.491 e. The molecule has 2 atom stereocenters. The molecule has 5 heteroatoms. The molecule has 0 amide bonds. The SMILES string of the molecule is CSCC(C)NCC(O)COc1cccc(C#N)c1. The molecule has 0 aliphatic rings. The van der Waals surface area contributed by atoms with E-state index < -0.39 is 6.10 Å². The van der Waals surface area contributed by atoms with Crippen LogP contribution in [0.5, 0.6) is 5.75 Å². The number of aliphatic hydroxyl groups excluding tert-OH is 1. The first kappa shape index (κ1) is 15.8. The monoisotopic (exact) mass is 280 g/mol. The molecule has 0 aliphatic heterocycles. The van der Waals surface area contributed by atoms with Crippen molar-refractivity contribution in [3.8, 4) is 11.8 Å². The van der Waals surface area contributed by atoms with E-state index in [0.29, 0.717) is 23.9 Å². The van der Waals surface area contributed by atoms with E-state index in [1.165, 1.54) is 0 Å². The number of aliphatic hydroxyl groups is 1. The summed E-state index contributed by atoms with van der Waals surface area (Å²) in [6, 6.07) is 9.34. The van der Waals surface area contributed by atoms with Crippen molar-refractivity contribution in [1.29, 1.82) is 5.26 Å². The molecule has 2 unspecified atom stereocenters. The van der Waals surface area contributed by atoms with Gasteiger partial charge in [0.1, 0.15) is 18.5 Å². The summed E-state index contributed by atoms with van der Waals surface area (Å²) in [7, 11) is 0. The zero-order chi connectivity index (χ0) is 14.1. The van der Waals surface area contributed by atoms with Crippen LogP contribution < -0.4 is 10.1 Å². The van der Waals surface area contributed by atoms with Gasteiger partial charge in [0.15, 0.2) is 0 Å². The standard InChI is InChI=1S/C14H20N2O2S/c1-11(10-19-2)16-8-13(17)9-18-14-5-3-4-12(6-14)7-15/h3-6,11,13,16-17H,8-10H2,1-2H3. The molecule has 0 radical (unpaired) electrons. The summed E-state index contributed by atoms with van der Waals surface area (Å²) in [6.45, 7) is 2.80. The second kappa shape index (κ2) is 8.81. The Bertz CT molecular complexity index is 420. The molecule has 0 bridgehead atoms. The molecule has 0 saturated heterocycles. The number of ether oxygens (including phenoxy) is 1. The van der Waals surface area contributed by atoms with Gasteiger partial charge in [-0.25, -0.2) is 0 Å². The molecule has 0 fully saturated rings. The van der Waals surface area contributed by atoms with Crippen molar-refractivity contribution in [2.45, 2.75) is 19.1 Å². The zero-order valence-electron chi connectivity index (χ0n) is 11.3. The van der Waals surface area contributed by atoms with Gasteiger partial charge in [0.2, 0.25) is 0 Å². The molecule has 0 saturated carbocycles. The van der Waals surface area contributed by atoms with Gasteiger partial charge in [-0.1, -0.05) is 6.07 Å². The quantitative estimate of drug-likeness (QED) is 0.758. The topological polar surface area (TPSA) is 65.3 Å². The fraction of sp³-hybridized carbons (Fsp3) is 0.500. The van der Waals surface area contributed by atoms with E-state index >= 15 is 0 Å². The van der Waals surface area contributed by atoms with E-state index in [2.05, 4.69) is 24.6 Å². The van der Waals surface area contributed by atoms with E-state index in [1.807, 2.05) is 0 Å². The van der Waals surface area contributed by atoms with Gasteiger partial charge in [0, 0.05) is 18.3 Å². The maximum absolute atomic E-state index is 9.79. The number of hydrogen-bond donors (Lipinski definition) is 2. The Morgan fingerprint density at radius 3 is 3.00 bits per heavy atom. The lowest BCUT2D eigenvalue weighted by molar-refractivity contribution is 0.105. The van der Waals surface area contributed by atoms with Gasteiger partial charge in [-0.3, -0.25) is 0 Å². The van der Waals surface area contributed by atoms with E-state index in [0.717, 1.165) is 5.75 Å². The van der Waals surface area contributed by atoms with E-state index in [1.54, 1.807) is 36.0 Å². The lowest BCUT2D eigenvalue weighted by Crippen LogP contribution is -2.37. The highest BCUT2D eigenvalue weighted by Crippen LogP contribution is 2.12. The van der Waals surface area contributed by atoms with Crippen LogP contribution in [0.1, 0.15) is 12.5 Å². The summed E-state index contributed by atoms with van der Waals surface area (Å²) >= 11 is 1.77. The van der Waals surface area contributed by atoms with Gasteiger partial charge in [-0.15, -0.1) is 0 Å². The van der Waals surface area contributed by atoms with Crippen LogP contribution in [-0.4, -0.2) is 42.4 Å². The van der Waals surface area contributed by atoms with Crippen molar-refractivity contribution in [1.82, 2.24) is 5.32 Å². The Morgan fingerprint density at radius 2 is 2.32 bits per heavy atom. The molecule has 1 rings (SSSR count). The predicted octanol–water partition coefficient (Wildman–Crippen LogP) is 1.64. The highest BCUT2D eigenvalue weighted by molar-refractivity contribution is 7.98. The summed E-state index contributed by atoms with van der Waals surface area (Å²) in [5.41, 5.74) is 0.554. The van der Waals surface area contributed by atoms with Crippen molar-refractivity contribution in [3.63, 3.8) is 0 Å². The van der Waals surface area contributed by atoms with Gasteiger partial charge in [-0.2, -0.15) is 17.0 Å². The second-order valence-corrected chi connectivity index (χ2v) is 5.28. The third-order valence-electron chi connectivity index (χ3n) is 2.52. The maximum Gasteiger partial charge on any atom is 0.120 e. The molecule has 104 valence electrons. The summed E-state index contributed by atoms with van der Waals surface area (Å²) in [5, 5.41) is 21.8. The van der Waals surface area contributed by atoms with E-state index in [-0.39, 0.29) is 6.61 Å². The molecule has 0 aliphatic carbocycles. The van der Waals surface area contributed by atoms with Crippen molar-refractivity contribution in [2.24, 2.45) is 0 Å². The molecule has 0 spiro atoms. The third kappa shape index (κ3) is 6.48. The van der Waals surface area contributed by atoms with Crippen LogP contribution in [-0.2, 0) is 0 Å². The molecule has 4 nitrogen and oxygen atoms in total. The van der Waals surface area contributed by atoms with Gasteiger partial charge >= 0.3 is 0 Å². The van der Waals surface area contributed by atoms with Crippen molar-refractivity contribution >= 4 is 11.8 Å². The molecule has 2 N–H and O–H groups in total. The summed E-state index contributed by atoms with van der Waals surface area (Å²) in [6.07, 6.45) is 1.50. The number of nitriles is 1. The first-order valence-corrected chi connectivity index (χ1v) is 7.58. The number of rotatable bonds is 8. The highest BCUT2D eigenvalue weighted by Gasteiger charge is 2.08. The minimum absolute atomic E-state index is 0.216. The Hall–Kier alpha value is -1.22. The first-order valence-electron chi connectivity index (χ1n) is 6.19. The molecule has 1 aromatic carbocycles. The Morgan fingerprint density at radius 1 is 1.53 bits per heavy atom. The van der Waals surface area contributed by atoms with Gasteiger partial charge < -0.3 is 15.2 Å². The summed E-state index contributed by atoms with van der Waals surface area (Å²) in [4.78, 5) is 0. The predicted molar refractivity (Wildman–Crippen MR) is 78.5 cm³/mol. The molecular weight excluding hydrogens is 260 g/mol. The van der Waals surface area contributed by atoms with Crippen molar-refractivity contribution < 1.29 is 9.84 Å².